The number of benzene rings is 3. The molecule has 5 aromatic rings. The number of halogens is 2. The smallest absolute Gasteiger partial charge is 0.411 e. The van der Waals surface area contributed by atoms with Gasteiger partial charge in [0, 0.05) is 125 Å². The van der Waals surface area contributed by atoms with Crippen molar-refractivity contribution in [3.63, 3.8) is 0 Å². The van der Waals surface area contributed by atoms with Crippen molar-refractivity contribution in [1.29, 1.82) is 0 Å². The minimum atomic E-state index is -1.39. The Kier molecular flexibility index (Phi) is 42.4. The van der Waals surface area contributed by atoms with E-state index < -0.39 is 121 Å². The lowest BCUT2D eigenvalue weighted by molar-refractivity contribution is -0.337. The molecule has 4 fully saturated rings. The van der Waals surface area contributed by atoms with Crippen molar-refractivity contribution in [2.75, 3.05) is 83.0 Å². The zero-order valence-electron chi connectivity index (χ0n) is 79.5. The number of aromatic nitrogens is 3. The van der Waals surface area contributed by atoms with Crippen LogP contribution in [0.3, 0.4) is 0 Å². The van der Waals surface area contributed by atoms with Gasteiger partial charge in [-0.2, -0.15) is 5.48 Å². The number of thioether (sulfide) groups is 1. The lowest BCUT2D eigenvalue weighted by Crippen LogP contribution is -2.65. The summed E-state index contributed by atoms with van der Waals surface area (Å²) in [6.45, 7) is 22.8. The number of fused-ring (bicyclic) bond motifs is 3. The highest BCUT2D eigenvalue weighted by atomic mass is 127. The van der Waals surface area contributed by atoms with Crippen LogP contribution in [0, 0.1) is 57.3 Å². The van der Waals surface area contributed by atoms with Crippen LogP contribution in [0.4, 0.5) is 27.8 Å². The monoisotopic (exact) mass is 2010 g/mol. The second-order valence-corrected chi connectivity index (χ2v) is 37.5. The Morgan fingerprint density at radius 2 is 1.49 bits per heavy atom. The molecule has 0 radical (unpaired) electrons. The van der Waals surface area contributed by atoms with Crippen molar-refractivity contribution in [2.24, 2.45) is 23.2 Å². The third-order valence-electron chi connectivity index (χ3n) is 24.3. The van der Waals surface area contributed by atoms with E-state index in [-0.39, 0.29) is 101 Å². The van der Waals surface area contributed by atoms with E-state index in [1.165, 1.54) is 34.0 Å². The minimum absolute atomic E-state index is 0.00178. The molecule has 734 valence electrons. The molecular weight excluding hydrogens is 1880 g/mol. The number of amides is 1. The maximum atomic E-state index is 14.4. The number of carbonyl (C=O) groups is 6. The summed E-state index contributed by atoms with van der Waals surface area (Å²) >= 11 is 8.75. The first-order chi connectivity index (χ1) is 63.9. The molecule has 0 saturated carbocycles. The number of nitrogens with zero attached hydrogens (tertiary/aromatic N) is 5. The summed E-state index contributed by atoms with van der Waals surface area (Å²) < 4.78 is 73.5. The predicted molar refractivity (Wildman–Crippen MR) is 517 cm³/mol. The van der Waals surface area contributed by atoms with Crippen LogP contribution in [0.1, 0.15) is 197 Å². The van der Waals surface area contributed by atoms with Gasteiger partial charge in [-0.3, -0.25) is 39.1 Å². The fourth-order valence-electron chi connectivity index (χ4n) is 16.6. The van der Waals surface area contributed by atoms with E-state index in [4.69, 9.17) is 89.9 Å². The van der Waals surface area contributed by atoms with Crippen molar-refractivity contribution in [3.05, 3.63) is 127 Å². The van der Waals surface area contributed by atoms with Gasteiger partial charge in [-0.05, 0) is 173 Å². The summed E-state index contributed by atoms with van der Waals surface area (Å²) in [4.78, 5) is 97.5. The summed E-state index contributed by atoms with van der Waals surface area (Å²) in [6.07, 6.45) is -1.33. The van der Waals surface area contributed by atoms with E-state index in [1.807, 2.05) is 53.6 Å². The number of allylic oxidation sites excluding steroid dienone is 4. The van der Waals surface area contributed by atoms with E-state index >= 15 is 0 Å². The molecule has 134 heavy (non-hydrogen) atoms. The van der Waals surface area contributed by atoms with E-state index in [0.29, 0.717) is 106 Å². The lowest BCUT2D eigenvalue weighted by atomic mass is 9.77. The van der Waals surface area contributed by atoms with Crippen molar-refractivity contribution in [3.8, 4) is 40.9 Å². The van der Waals surface area contributed by atoms with Crippen LogP contribution < -0.4 is 46.3 Å². The number of carboxylic acids is 1. The van der Waals surface area contributed by atoms with Gasteiger partial charge in [0.25, 0.3) is 0 Å². The van der Waals surface area contributed by atoms with Gasteiger partial charge in [0.15, 0.2) is 42.0 Å². The fourth-order valence-corrected chi connectivity index (χ4v) is 18.7. The van der Waals surface area contributed by atoms with Gasteiger partial charge in [-0.1, -0.05) is 102 Å². The standard InChI is InChI=1S/C59H83IN2O19S.C24H28N6O4.C15H22ClNO/c1-14-19-34-28-74-40(27-39(34)69-9)79-52-47(65)45(30(3)76-57(52)78-38-21-18-16-15-17-20-33-22-23-36(61-58(68)73-13)43(38)35(33)24-25-59(6,7)8)62-81-41-26-37(63)54(32(5)75-41)82-55(67)42-29(2)44(60)50(53(72-12)49(42)70-10)80-56-48(66)51(71-11)46(64)31(4)77-56;1-3-19(31)15(6-9-22(33)34)10-20(32)14-4-7-17(8-5-14)30(2)13-16-12-27-18-11-21(25)29-24(26)23(18)28-16;1-3-15(18)7-5-6-13-8-10-14(11-9-13)17(4-2)12-16/h15-16,24,30-34,37-41,45-48,51-52,54,56-57,62-66H,14,19,22-23,25-28H2,1-13H3,(H,61,68);4-5,7-8,11-12,15H,3,6,9-10,13H2,1-2H3,(H,33,34)(H4,25,26,29);8-11H,3-7,12H2,1-2H3/b16-15-,35-24-;;/t30-,31-,32+,33?,34-,37-,38-,39-,40-,41-,45+,46-,47-,48+,51+,52+,54+,56-,57-;15-;/m01./s1. The molecule has 20 atom stereocenters. The number of alkyl carbamates (subject to hydrolysis) is 1. The minimum Gasteiger partial charge on any atom is -0.492 e. The SMILES string of the molecule is CCC(=O)CCCc1ccc(N(CC)CCl)cc1.CCC(=O)[C@H](CCC(=O)O)CC(=O)c1ccc(N(C)Cc2cnc3cc(N)nc(N)c3n2)cc1.CCC[C@H]1CO[C@@H](O[C@H]2[C@H](O[C@H]3C#C/C=C\C#CC4CCC(NC(=O)OC)=C3/C4=C\CC(C)(C)C)O[C@@H](C)[C@@H](NO[C@H]3C[C@H](O)[C@H](SC(=O)c4c(C)c(I)c(O[C@@H]5O[C@@H](C)[C@H](O)[C@@H](OC)[C@H]5O)c(OC)c4OC)[C@@H](C)O3)[C@@H]2O)C[C@@H]1OC. The van der Waals surface area contributed by atoms with Gasteiger partial charge in [0.1, 0.15) is 59.5 Å². The molecule has 6 heterocycles. The number of carboxylic acid groups (broad SMARTS) is 1. The fraction of sp³-hybridized carbons (Fsp3) is 0.582. The number of aliphatic hydroxyl groups is 4. The highest BCUT2D eigenvalue weighted by molar-refractivity contribution is 14.1. The van der Waals surface area contributed by atoms with Crippen molar-refractivity contribution in [2.45, 2.75) is 283 Å². The number of pyridine rings is 1. The van der Waals surface area contributed by atoms with Crippen LogP contribution in [0.25, 0.3) is 11.0 Å². The van der Waals surface area contributed by atoms with Gasteiger partial charge in [0.2, 0.25) is 17.2 Å². The molecule has 1 amide bonds. The van der Waals surface area contributed by atoms with Gasteiger partial charge < -0.3 is 104 Å². The second kappa shape index (κ2) is 52.2. The average Bonchev–Trinajstić information content (AvgIpc) is 0.893. The zero-order valence-corrected chi connectivity index (χ0v) is 83.3. The number of ketones is 3. The molecule has 2 aliphatic carbocycles. The number of nitrogens with one attached hydrogen (secondary N) is 2. The largest absolute Gasteiger partial charge is 0.492 e. The Morgan fingerprint density at radius 1 is 0.799 bits per heavy atom. The normalized spacial score (nSPS) is 26.3. The molecule has 2 bridgehead atoms. The topological polar surface area (TPSA) is 445 Å². The number of aliphatic carboxylic acids is 1. The summed E-state index contributed by atoms with van der Waals surface area (Å²) in [7, 11) is 8.98. The maximum absolute atomic E-state index is 14.4. The Bertz CT molecular complexity index is 5010. The predicted octanol–water partition coefficient (Wildman–Crippen LogP) is 13.0. The van der Waals surface area contributed by atoms with Crippen LogP contribution in [0.15, 0.2) is 95.9 Å². The maximum Gasteiger partial charge on any atom is 0.411 e. The molecule has 11 rings (SSSR count). The number of Topliss-reactive ketones (excluding diaryl/α,β-unsaturated/α-hetero) is 3. The third-order valence-corrected chi connectivity index (χ3v) is 27.2. The summed E-state index contributed by atoms with van der Waals surface area (Å²) in [5, 5.41) is 56.5. The summed E-state index contributed by atoms with van der Waals surface area (Å²) in [5.41, 5.74) is 22.7. The Hall–Kier alpha value is -8.68. The first-order valence-electron chi connectivity index (χ1n) is 45.5. The number of rotatable bonds is 38. The van der Waals surface area contributed by atoms with E-state index in [2.05, 4.69) is 119 Å². The van der Waals surface area contributed by atoms with E-state index in [0.717, 1.165) is 60.9 Å². The number of ether oxygens (including phenoxy) is 12. The first-order valence-corrected chi connectivity index (χ1v) is 48.0. The molecule has 1 unspecified atom stereocenters. The van der Waals surface area contributed by atoms with E-state index in [9.17, 15) is 49.2 Å². The van der Waals surface area contributed by atoms with Crippen LogP contribution in [-0.2, 0) is 74.8 Å². The highest BCUT2D eigenvalue weighted by Gasteiger charge is 2.51. The van der Waals surface area contributed by atoms with Crippen LogP contribution in [0.5, 0.6) is 17.2 Å². The van der Waals surface area contributed by atoms with Crippen molar-refractivity contribution in [1.82, 2.24) is 25.7 Å². The number of aliphatic hydroxyl groups excluding tert-OH is 4. The molecule has 6 aliphatic rings. The summed E-state index contributed by atoms with van der Waals surface area (Å²) in [5.74, 6) is 12.0. The summed E-state index contributed by atoms with van der Waals surface area (Å²) in [6, 6.07) is 16.6. The molecule has 11 N–H and O–H groups in total. The Morgan fingerprint density at radius 3 is 2.12 bits per heavy atom. The number of aryl methyl sites for hydroxylation is 1. The number of carbonyl (C=O) groups excluding carboxylic acids is 5. The molecular formula is C98H133ClIN9O24S. The number of methoxy groups -OCH3 is 5. The molecule has 36 heteroatoms. The van der Waals surface area contributed by atoms with Crippen molar-refractivity contribution >= 4 is 115 Å². The average molecular weight is 2020 g/mol. The number of alkyl halides is 1. The van der Waals surface area contributed by atoms with Crippen LogP contribution >= 0.6 is 46.0 Å². The van der Waals surface area contributed by atoms with Gasteiger partial charge in [-0.25, -0.2) is 14.8 Å². The molecule has 4 saturated heterocycles. The number of nitrogens with two attached hydrogens (primary N) is 2. The quantitative estimate of drug-likeness (QED) is 0.00442. The number of hydrogen-bond donors (Lipinski definition) is 9. The Balaban J connectivity index is 0.000000313. The first kappa shape index (κ1) is 109. The molecule has 2 aromatic heterocycles. The number of hydroxylamine groups is 1. The number of nitrogen functional groups attached to an aromatic ring is 2. The Labute approximate surface area is 808 Å². The van der Waals surface area contributed by atoms with Crippen LogP contribution in [0.2, 0.25) is 0 Å². The second-order valence-electron chi connectivity index (χ2n) is 35.0. The van der Waals surface area contributed by atoms with Gasteiger partial charge in [0.05, 0.1) is 109 Å². The molecule has 0 spiro atoms. The highest BCUT2D eigenvalue weighted by Crippen LogP contribution is 2.50. The van der Waals surface area contributed by atoms with E-state index in [1.54, 1.807) is 78.3 Å². The van der Waals surface area contributed by atoms with Gasteiger partial charge >= 0.3 is 12.1 Å². The number of hydrogen-bond acceptors (Lipinski definition) is 32. The molecule has 4 aliphatic heterocycles. The van der Waals surface area contributed by atoms with Crippen LogP contribution in [-0.4, -0.2) is 240 Å². The number of anilines is 4. The molecule has 3 aromatic carbocycles. The zero-order chi connectivity index (χ0) is 97.9. The lowest BCUT2D eigenvalue weighted by Gasteiger charge is -2.46. The van der Waals surface area contributed by atoms with Gasteiger partial charge in [-0.15, -0.1) is 11.6 Å². The molecule has 33 nitrogen and oxygen atoms in total. The third kappa shape index (κ3) is 29.4. The van der Waals surface area contributed by atoms with Crippen molar-refractivity contribution < 1.29 is 116 Å².